The zero-order chi connectivity index (χ0) is 15.5. The monoisotopic (exact) mass is 299 g/mol. The van der Waals surface area contributed by atoms with Crippen molar-refractivity contribution in [2.45, 2.75) is 19.9 Å². The van der Waals surface area contributed by atoms with E-state index >= 15 is 0 Å². The largest absolute Gasteiger partial charge is 0.467 e. The predicted molar refractivity (Wildman–Crippen MR) is 79.8 cm³/mol. The molecule has 1 aliphatic rings. The van der Waals surface area contributed by atoms with Crippen molar-refractivity contribution in [3.05, 3.63) is 48.0 Å². The number of hydrogen-bond donors (Lipinski definition) is 1. The standard InChI is InChI=1S/C16H17N3O3/c1-11-4-2-6-14(17-11)18-16(21)12-8-15(20)19(9-12)10-13-5-3-7-22-13/h2-7,12H,8-10H2,1H3,(H,17,18,21)/t12-/m1/s1. The van der Waals surface area contributed by atoms with Gasteiger partial charge < -0.3 is 14.6 Å². The average molecular weight is 299 g/mol. The van der Waals surface area contributed by atoms with Crippen molar-refractivity contribution in [2.75, 3.05) is 11.9 Å². The summed E-state index contributed by atoms with van der Waals surface area (Å²) >= 11 is 0. The molecule has 1 aliphatic heterocycles. The summed E-state index contributed by atoms with van der Waals surface area (Å²) in [6.07, 6.45) is 1.79. The van der Waals surface area contributed by atoms with Gasteiger partial charge in [0.1, 0.15) is 11.6 Å². The molecular weight excluding hydrogens is 282 g/mol. The molecule has 0 radical (unpaired) electrons. The lowest BCUT2D eigenvalue weighted by molar-refractivity contribution is -0.128. The third-order valence-corrected chi connectivity index (χ3v) is 3.65. The molecule has 6 nitrogen and oxygen atoms in total. The molecule has 1 fully saturated rings. The van der Waals surface area contributed by atoms with Crippen LogP contribution in [-0.2, 0) is 16.1 Å². The summed E-state index contributed by atoms with van der Waals surface area (Å²) < 4.78 is 5.24. The van der Waals surface area contributed by atoms with Gasteiger partial charge in [0, 0.05) is 18.7 Å². The minimum atomic E-state index is -0.357. The van der Waals surface area contributed by atoms with Crippen LogP contribution in [0.1, 0.15) is 17.9 Å². The minimum absolute atomic E-state index is 0.0336. The first-order valence-electron chi connectivity index (χ1n) is 7.16. The number of nitrogens with one attached hydrogen (secondary N) is 1. The SMILES string of the molecule is Cc1cccc(NC(=O)[C@@H]2CC(=O)N(Cc3ccco3)C2)n1. The van der Waals surface area contributed by atoms with Gasteiger partial charge in [-0.15, -0.1) is 0 Å². The number of carbonyl (C=O) groups excluding carboxylic acids is 2. The molecule has 2 amide bonds. The number of carbonyl (C=O) groups is 2. The van der Waals surface area contributed by atoms with E-state index in [2.05, 4.69) is 10.3 Å². The number of likely N-dealkylation sites (tertiary alicyclic amines) is 1. The second-order valence-electron chi connectivity index (χ2n) is 5.41. The minimum Gasteiger partial charge on any atom is -0.467 e. The highest BCUT2D eigenvalue weighted by molar-refractivity contribution is 5.96. The van der Waals surface area contributed by atoms with E-state index < -0.39 is 0 Å². The third kappa shape index (κ3) is 3.16. The van der Waals surface area contributed by atoms with Crippen LogP contribution in [0.5, 0.6) is 0 Å². The second kappa shape index (κ2) is 6.01. The van der Waals surface area contributed by atoms with Crippen LogP contribution in [0.4, 0.5) is 5.82 Å². The summed E-state index contributed by atoms with van der Waals surface area (Å²) in [4.78, 5) is 30.2. The number of rotatable bonds is 4. The number of furan rings is 1. The van der Waals surface area contributed by atoms with E-state index in [4.69, 9.17) is 4.42 Å². The molecular formula is C16H17N3O3. The van der Waals surface area contributed by atoms with E-state index in [1.165, 1.54) is 0 Å². The number of anilines is 1. The Morgan fingerprint density at radius 1 is 1.41 bits per heavy atom. The fourth-order valence-corrected chi connectivity index (χ4v) is 2.53. The molecule has 1 N–H and O–H groups in total. The number of amides is 2. The quantitative estimate of drug-likeness (QED) is 0.936. The normalized spacial score (nSPS) is 17.8. The van der Waals surface area contributed by atoms with E-state index in [1.807, 2.05) is 25.1 Å². The molecule has 1 atom stereocenters. The molecule has 114 valence electrons. The van der Waals surface area contributed by atoms with Gasteiger partial charge in [-0.05, 0) is 31.2 Å². The summed E-state index contributed by atoms with van der Waals surface area (Å²) in [5.41, 5.74) is 0.833. The maximum absolute atomic E-state index is 12.3. The molecule has 22 heavy (non-hydrogen) atoms. The Morgan fingerprint density at radius 3 is 3.00 bits per heavy atom. The fourth-order valence-electron chi connectivity index (χ4n) is 2.53. The fraction of sp³-hybridized carbons (Fsp3) is 0.312. The van der Waals surface area contributed by atoms with E-state index in [0.29, 0.717) is 18.9 Å². The van der Waals surface area contributed by atoms with Crippen molar-refractivity contribution < 1.29 is 14.0 Å². The molecule has 0 bridgehead atoms. The Labute approximate surface area is 128 Å². The van der Waals surface area contributed by atoms with Gasteiger partial charge in [0.05, 0.1) is 18.7 Å². The summed E-state index contributed by atoms with van der Waals surface area (Å²) in [7, 11) is 0. The van der Waals surface area contributed by atoms with Crippen LogP contribution in [-0.4, -0.2) is 28.2 Å². The number of hydrogen-bond acceptors (Lipinski definition) is 4. The molecule has 1 saturated heterocycles. The summed E-state index contributed by atoms with van der Waals surface area (Å²) in [5.74, 6) is 0.670. The lowest BCUT2D eigenvalue weighted by Gasteiger charge is -2.15. The Morgan fingerprint density at radius 2 is 2.27 bits per heavy atom. The molecule has 6 heteroatoms. The Bertz CT molecular complexity index is 682. The topological polar surface area (TPSA) is 75.4 Å². The van der Waals surface area contributed by atoms with E-state index in [0.717, 1.165) is 11.5 Å². The van der Waals surface area contributed by atoms with Crippen molar-refractivity contribution in [2.24, 2.45) is 5.92 Å². The first-order chi connectivity index (χ1) is 10.6. The maximum Gasteiger partial charge on any atom is 0.230 e. The molecule has 3 heterocycles. The van der Waals surface area contributed by atoms with Crippen LogP contribution in [0, 0.1) is 12.8 Å². The number of nitrogens with zero attached hydrogens (tertiary/aromatic N) is 2. The van der Waals surface area contributed by atoms with Crippen molar-refractivity contribution in [1.29, 1.82) is 0 Å². The van der Waals surface area contributed by atoms with E-state index in [9.17, 15) is 9.59 Å². The van der Waals surface area contributed by atoms with Gasteiger partial charge in [0.15, 0.2) is 0 Å². The van der Waals surface area contributed by atoms with Gasteiger partial charge in [-0.25, -0.2) is 4.98 Å². The second-order valence-corrected chi connectivity index (χ2v) is 5.41. The summed E-state index contributed by atoms with van der Waals surface area (Å²) in [6, 6.07) is 9.03. The maximum atomic E-state index is 12.3. The van der Waals surface area contributed by atoms with Gasteiger partial charge in [-0.2, -0.15) is 0 Å². The van der Waals surface area contributed by atoms with Crippen LogP contribution in [0.2, 0.25) is 0 Å². The Balaban J connectivity index is 1.61. The molecule has 0 saturated carbocycles. The molecule has 0 aromatic carbocycles. The van der Waals surface area contributed by atoms with Crippen molar-refractivity contribution >= 4 is 17.6 Å². The number of aromatic nitrogens is 1. The van der Waals surface area contributed by atoms with Gasteiger partial charge >= 0.3 is 0 Å². The van der Waals surface area contributed by atoms with Gasteiger partial charge in [-0.3, -0.25) is 9.59 Å². The first kappa shape index (κ1) is 14.3. The van der Waals surface area contributed by atoms with Gasteiger partial charge in [0.25, 0.3) is 0 Å². The van der Waals surface area contributed by atoms with Crippen LogP contribution in [0.15, 0.2) is 41.0 Å². The average Bonchev–Trinajstić information content (AvgIpc) is 3.10. The highest BCUT2D eigenvalue weighted by Gasteiger charge is 2.34. The Hall–Kier alpha value is -2.63. The molecule has 0 aliphatic carbocycles. The van der Waals surface area contributed by atoms with Crippen molar-refractivity contribution in [1.82, 2.24) is 9.88 Å². The zero-order valence-corrected chi connectivity index (χ0v) is 12.3. The van der Waals surface area contributed by atoms with Crippen LogP contribution in [0.25, 0.3) is 0 Å². The zero-order valence-electron chi connectivity index (χ0n) is 12.3. The molecule has 0 unspecified atom stereocenters. The smallest absolute Gasteiger partial charge is 0.230 e. The van der Waals surface area contributed by atoms with Crippen molar-refractivity contribution in [3.8, 4) is 0 Å². The number of aryl methyl sites for hydroxylation is 1. The third-order valence-electron chi connectivity index (χ3n) is 3.65. The lowest BCUT2D eigenvalue weighted by Crippen LogP contribution is -2.28. The molecule has 0 spiro atoms. The highest BCUT2D eigenvalue weighted by Crippen LogP contribution is 2.21. The molecule has 2 aromatic heterocycles. The van der Waals surface area contributed by atoms with Crippen LogP contribution in [0.3, 0.4) is 0 Å². The summed E-state index contributed by atoms with van der Waals surface area (Å²) in [6.45, 7) is 2.66. The van der Waals surface area contributed by atoms with Gasteiger partial charge in [-0.1, -0.05) is 6.07 Å². The van der Waals surface area contributed by atoms with E-state index in [-0.39, 0.29) is 24.2 Å². The van der Waals surface area contributed by atoms with Crippen molar-refractivity contribution in [3.63, 3.8) is 0 Å². The van der Waals surface area contributed by atoms with Crippen LogP contribution < -0.4 is 5.32 Å². The molecule has 3 rings (SSSR count). The van der Waals surface area contributed by atoms with Crippen LogP contribution >= 0.6 is 0 Å². The summed E-state index contributed by atoms with van der Waals surface area (Å²) in [5, 5.41) is 2.77. The lowest BCUT2D eigenvalue weighted by atomic mass is 10.1. The Kier molecular flexibility index (Phi) is 3.91. The molecule has 2 aromatic rings. The highest BCUT2D eigenvalue weighted by atomic mass is 16.3. The van der Waals surface area contributed by atoms with Gasteiger partial charge in [0.2, 0.25) is 11.8 Å². The first-order valence-corrected chi connectivity index (χ1v) is 7.16. The number of pyridine rings is 1. The predicted octanol–water partition coefficient (Wildman–Crippen LogP) is 1.97. The van der Waals surface area contributed by atoms with E-state index in [1.54, 1.807) is 23.3 Å².